The zero-order chi connectivity index (χ0) is 28.1. The van der Waals surface area contributed by atoms with E-state index in [0.29, 0.717) is 28.0 Å². The highest BCUT2D eigenvalue weighted by Crippen LogP contribution is 2.32. The molecular formula is C29H26BrN5O5. The molecule has 0 atom stereocenters. The normalized spacial score (nSPS) is 13.9. The standard InChI is InChI=1S/C29H26BrN5O5/c30-21-12-13-24-23(16-21)29(37)34(28(33-24)20-7-3-1-4-8-20)31-17-19-11-14-26(25(15-19)35(38)39)40-18-27(36)32-22-9-5-2-6-10-22/h2,5-6,9-17,20H,1,3-4,7-8,18H2,(H,32,36). The lowest BCUT2D eigenvalue weighted by Gasteiger charge is -2.22. The summed E-state index contributed by atoms with van der Waals surface area (Å²) in [6.45, 7) is -0.401. The van der Waals surface area contributed by atoms with E-state index in [4.69, 9.17) is 9.72 Å². The Morgan fingerprint density at radius 2 is 1.90 bits per heavy atom. The lowest BCUT2D eigenvalue weighted by atomic mass is 9.88. The first kappa shape index (κ1) is 27.2. The Bertz CT molecular complexity index is 1650. The fourth-order valence-electron chi connectivity index (χ4n) is 4.77. The largest absolute Gasteiger partial charge is 0.477 e. The third kappa shape index (κ3) is 6.26. The molecule has 1 aromatic heterocycles. The summed E-state index contributed by atoms with van der Waals surface area (Å²) in [5, 5.41) is 19.3. The van der Waals surface area contributed by atoms with Crippen molar-refractivity contribution in [2.24, 2.45) is 5.10 Å². The Kier molecular flexibility index (Phi) is 8.30. The van der Waals surface area contributed by atoms with E-state index in [9.17, 15) is 19.7 Å². The number of hydrogen-bond donors (Lipinski definition) is 1. The highest BCUT2D eigenvalue weighted by Gasteiger charge is 2.23. The van der Waals surface area contributed by atoms with Gasteiger partial charge in [0.2, 0.25) is 0 Å². The van der Waals surface area contributed by atoms with Crippen LogP contribution in [0.25, 0.3) is 10.9 Å². The molecule has 0 bridgehead atoms. The maximum Gasteiger partial charge on any atom is 0.311 e. The smallest absolute Gasteiger partial charge is 0.311 e. The van der Waals surface area contributed by atoms with Gasteiger partial charge in [-0.1, -0.05) is 53.4 Å². The quantitative estimate of drug-likeness (QED) is 0.149. The molecule has 40 heavy (non-hydrogen) atoms. The van der Waals surface area contributed by atoms with Gasteiger partial charge in [-0.3, -0.25) is 19.7 Å². The molecule has 0 unspecified atom stereocenters. The van der Waals surface area contributed by atoms with Crippen molar-refractivity contribution < 1.29 is 14.5 Å². The number of aromatic nitrogens is 2. The molecule has 1 saturated carbocycles. The van der Waals surface area contributed by atoms with Crippen LogP contribution >= 0.6 is 15.9 Å². The van der Waals surface area contributed by atoms with Crippen molar-refractivity contribution in [1.82, 2.24) is 9.66 Å². The molecule has 0 radical (unpaired) electrons. The van der Waals surface area contributed by atoms with Crippen LogP contribution in [0.4, 0.5) is 11.4 Å². The van der Waals surface area contributed by atoms with Gasteiger partial charge in [0.15, 0.2) is 12.4 Å². The third-order valence-electron chi connectivity index (χ3n) is 6.72. The van der Waals surface area contributed by atoms with Gasteiger partial charge < -0.3 is 10.1 Å². The van der Waals surface area contributed by atoms with Crippen LogP contribution in [0, 0.1) is 10.1 Å². The highest BCUT2D eigenvalue weighted by molar-refractivity contribution is 9.10. The molecule has 5 rings (SSSR count). The molecule has 1 aliphatic rings. The van der Waals surface area contributed by atoms with Crippen molar-refractivity contribution in [1.29, 1.82) is 0 Å². The first-order valence-corrected chi connectivity index (χ1v) is 13.7. The summed E-state index contributed by atoms with van der Waals surface area (Å²) in [4.78, 5) is 41.7. The van der Waals surface area contributed by atoms with Crippen molar-refractivity contribution in [2.75, 3.05) is 11.9 Å². The molecule has 0 spiro atoms. The molecule has 0 saturated heterocycles. The van der Waals surface area contributed by atoms with Crippen molar-refractivity contribution in [2.45, 2.75) is 38.0 Å². The monoisotopic (exact) mass is 603 g/mol. The Labute approximate surface area is 238 Å². The van der Waals surface area contributed by atoms with Crippen LogP contribution in [0.5, 0.6) is 5.75 Å². The average molecular weight is 604 g/mol. The van der Waals surface area contributed by atoms with E-state index in [0.717, 1.165) is 36.6 Å². The number of nitro benzene ring substituents is 1. The number of para-hydroxylation sites is 1. The van der Waals surface area contributed by atoms with Gasteiger partial charge in [0.25, 0.3) is 11.5 Å². The first-order valence-electron chi connectivity index (χ1n) is 12.9. The fraction of sp³-hybridized carbons (Fsp3) is 0.241. The molecule has 3 aromatic carbocycles. The summed E-state index contributed by atoms with van der Waals surface area (Å²) >= 11 is 3.41. The number of rotatable bonds is 8. The van der Waals surface area contributed by atoms with Crippen LogP contribution in [-0.4, -0.2) is 33.3 Å². The molecule has 204 valence electrons. The minimum absolute atomic E-state index is 0.0531. The summed E-state index contributed by atoms with van der Waals surface area (Å²) in [5.74, 6) is 0.187. The number of amides is 1. The number of fused-ring (bicyclic) bond motifs is 1. The van der Waals surface area contributed by atoms with Crippen LogP contribution in [0.1, 0.15) is 49.4 Å². The van der Waals surface area contributed by atoms with Crippen LogP contribution in [0.3, 0.4) is 0 Å². The number of nitro groups is 1. The SMILES string of the molecule is O=C(COc1ccc(C=Nn2c(C3CCCCC3)nc3ccc(Br)cc3c2=O)cc1[N+](=O)[O-])Nc1ccccc1. The van der Waals surface area contributed by atoms with Crippen molar-refractivity contribution in [3.05, 3.63) is 103 Å². The Morgan fingerprint density at radius 1 is 1.12 bits per heavy atom. The summed E-state index contributed by atoms with van der Waals surface area (Å²) < 4.78 is 7.53. The first-order chi connectivity index (χ1) is 19.4. The molecule has 0 aliphatic heterocycles. The van der Waals surface area contributed by atoms with Gasteiger partial charge in [-0.25, -0.2) is 4.98 Å². The molecule has 1 aliphatic carbocycles. The van der Waals surface area contributed by atoms with Crippen molar-refractivity contribution in [3.8, 4) is 5.75 Å². The van der Waals surface area contributed by atoms with Gasteiger partial charge >= 0.3 is 5.69 Å². The van der Waals surface area contributed by atoms with Crippen LogP contribution in [-0.2, 0) is 4.79 Å². The number of carbonyl (C=O) groups excluding carboxylic acids is 1. The molecule has 1 N–H and O–H groups in total. The zero-order valence-corrected chi connectivity index (χ0v) is 23.0. The lowest BCUT2D eigenvalue weighted by Crippen LogP contribution is -2.25. The van der Waals surface area contributed by atoms with Gasteiger partial charge in [-0.15, -0.1) is 0 Å². The molecular weight excluding hydrogens is 578 g/mol. The Hall–Kier alpha value is -4.38. The van der Waals surface area contributed by atoms with Gasteiger partial charge in [0, 0.05) is 27.7 Å². The zero-order valence-electron chi connectivity index (χ0n) is 21.5. The van der Waals surface area contributed by atoms with Gasteiger partial charge in [0.1, 0.15) is 5.82 Å². The van der Waals surface area contributed by atoms with E-state index in [1.807, 2.05) is 18.2 Å². The van der Waals surface area contributed by atoms with E-state index in [1.165, 1.54) is 23.0 Å². The van der Waals surface area contributed by atoms with Gasteiger partial charge in [-0.2, -0.15) is 9.78 Å². The predicted octanol–water partition coefficient (Wildman–Crippen LogP) is 6.01. The number of hydrogen-bond acceptors (Lipinski definition) is 7. The Balaban J connectivity index is 1.42. The van der Waals surface area contributed by atoms with Gasteiger partial charge in [0.05, 0.1) is 22.0 Å². The van der Waals surface area contributed by atoms with Crippen LogP contribution in [0.15, 0.2) is 81.1 Å². The van der Waals surface area contributed by atoms with E-state index in [-0.39, 0.29) is 22.9 Å². The molecule has 1 heterocycles. The molecule has 11 heteroatoms. The second kappa shape index (κ2) is 12.2. The second-order valence-corrected chi connectivity index (χ2v) is 10.4. The van der Waals surface area contributed by atoms with Crippen molar-refractivity contribution >= 4 is 50.3 Å². The minimum Gasteiger partial charge on any atom is -0.477 e. The maximum absolute atomic E-state index is 13.5. The van der Waals surface area contributed by atoms with E-state index >= 15 is 0 Å². The lowest BCUT2D eigenvalue weighted by molar-refractivity contribution is -0.385. The highest BCUT2D eigenvalue weighted by atomic mass is 79.9. The second-order valence-electron chi connectivity index (χ2n) is 9.52. The number of nitrogens with one attached hydrogen (secondary N) is 1. The van der Waals surface area contributed by atoms with E-state index < -0.39 is 17.4 Å². The van der Waals surface area contributed by atoms with Crippen LogP contribution < -0.4 is 15.6 Å². The number of carbonyl (C=O) groups is 1. The average Bonchev–Trinajstić information content (AvgIpc) is 2.97. The summed E-state index contributed by atoms with van der Waals surface area (Å²) in [6.07, 6.45) is 6.49. The summed E-state index contributed by atoms with van der Waals surface area (Å²) in [6, 6.07) is 18.5. The third-order valence-corrected chi connectivity index (χ3v) is 7.22. The summed E-state index contributed by atoms with van der Waals surface area (Å²) in [5.41, 5.74) is 0.965. The summed E-state index contributed by atoms with van der Waals surface area (Å²) in [7, 11) is 0. The topological polar surface area (TPSA) is 129 Å². The molecule has 10 nitrogen and oxygen atoms in total. The van der Waals surface area contributed by atoms with Crippen molar-refractivity contribution in [3.63, 3.8) is 0 Å². The fourth-order valence-corrected chi connectivity index (χ4v) is 5.13. The van der Waals surface area contributed by atoms with E-state index in [2.05, 4.69) is 26.3 Å². The van der Waals surface area contributed by atoms with E-state index in [1.54, 1.807) is 36.4 Å². The molecule has 1 fully saturated rings. The van der Waals surface area contributed by atoms with Gasteiger partial charge in [-0.05, 0) is 55.3 Å². The maximum atomic E-state index is 13.5. The molecule has 4 aromatic rings. The minimum atomic E-state index is -0.587. The number of nitrogens with zero attached hydrogens (tertiary/aromatic N) is 4. The number of benzene rings is 3. The number of halogens is 1. The van der Waals surface area contributed by atoms with Crippen LogP contribution in [0.2, 0.25) is 0 Å². The predicted molar refractivity (Wildman–Crippen MR) is 156 cm³/mol. The Morgan fingerprint density at radius 3 is 2.65 bits per heavy atom. The number of anilines is 1. The number of ether oxygens (including phenoxy) is 1. The molecule has 1 amide bonds.